The van der Waals surface area contributed by atoms with Gasteiger partial charge in [0.25, 0.3) is 10.0 Å². The Morgan fingerprint density at radius 2 is 2.25 bits per heavy atom. The zero-order valence-corrected chi connectivity index (χ0v) is 12.9. The number of nitrogens with one attached hydrogen (secondary N) is 1. The lowest BCUT2D eigenvalue weighted by molar-refractivity contribution is 0.357. The highest BCUT2D eigenvalue weighted by atomic mass is 79.9. The van der Waals surface area contributed by atoms with E-state index >= 15 is 0 Å². The molecule has 9 heteroatoms. The number of sulfonamides is 1. The molecule has 7 nitrogen and oxygen atoms in total. The minimum Gasteiger partial charge on any atom is -0.493 e. The molecule has 20 heavy (non-hydrogen) atoms. The topological polar surface area (TPSA) is 86.1 Å². The largest absolute Gasteiger partial charge is 0.493 e. The molecule has 1 N–H and O–H groups in total. The Balaban J connectivity index is 1.94. The molecule has 0 spiro atoms. The number of aryl methyl sites for hydroxylation is 1. The average Bonchev–Trinajstić information content (AvgIpc) is 2.95. The van der Waals surface area contributed by atoms with E-state index in [4.69, 9.17) is 4.74 Å². The molecule has 1 aromatic carbocycles. The van der Waals surface area contributed by atoms with Crippen molar-refractivity contribution in [1.82, 2.24) is 15.0 Å². The van der Waals surface area contributed by atoms with E-state index in [2.05, 4.69) is 31.0 Å². The second kappa shape index (κ2) is 4.74. The van der Waals surface area contributed by atoms with Gasteiger partial charge in [0, 0.05) is 19.2 Å². The Hall–Kier alpha value is -1.61. The number of rotatable bonds is 3. The molecule has 0 atom stereocenters. The Morgan fingerprint density at radius 3 is 2.95 bits per heavy atom. The van der Waals surface area contributed by atoms with Crippen molar-refractivity contribution in [3.05, 3.63) is 28.4 Å². The third-order valence-electron chi connectivity index (χ3n) is 2.93. The molecule has 0 amide bonds. The predicted molar refractivity (Wildman–Crippen MR) is 75.2 cm³/mol. The molecule has 2 aromatic rings. The van der Waals surface area contributed by atoms with Crippen LogP contribution in [0.4, 0.5) is 5.69 Å². The van der Waals surface area contributed by atoms with E-state index in [0.29, 0.717) is 12.3 Å². The molecule has 1 aliphatic heterocycles. The fourth-order valence-corrected chi connectivity index (χ4v) is 4.21. The van der Waals surface area contributed by atoms with Crippen molar-refractivity contribution in [2.75, 3.05) is 11.3 Å². The summed E-state index contributed by atoms with van der Waals surface area (Å²) in [6.45, 7) is 0.628. The number of hydrogen-bond donors (Lipinski definition) is 1. The van der Waals surface area contributed by atoms with Gasteiger partial charge in [-0.05, 0) is 39.7 Å². The van der Waals surface area contributed by atoms with Gasteiger partial charge in [0.1, 0.15) is 5.75 Å². The van der Waals surface area contributed by atoms with Crippen LogP contribution in [0, 0.1) is 0 Å². The van der Waals surface area contributed by atoms with Crippen molar-refractivity contribution >= 4 is 31.6 Å². The van der Waals surface area contributed by atoms with Gasteiger partial charge in [0.2, 0.25) is 5.03 Å². The van der Waals surface area contributed by atoms with E-state index in [0.717, 1.165) is 17.7 Å². The molecule has 2 heterocycles. The number of benzene rings is 1. The van der Waals surface area contributed by atoms with E-state index in [9.17, 15) is 8.42 Å². The number of aromatic nitrogens is 3. The fraction of sp³-hybridized carbons (Fsp3) is 0.273. The van der Waals surface area contributed by atoms with Gasteiger partial charge < -0.3 is 4.74 Å². The zero-order valence-electron chi connectivity index (χ0n) is 10.5. The van der Waals surface area contributed by atoms with Crippen molar-refractivity contribution < 1.29 is 13.2 Å². The molecule has 0 saturated heterocycles. The van der Waals surface area contributed by atoms with Crippen LogP contribution in [-0.2, 0) is 23.5 Å². The van der Waals surface area contributed by atoms with E-state index in [-0.39, 0.29) is 9.63 Å². The van der Waals surface area contributed by atoms with Crippen molar-refractivity contribution in [3.8, 4) is 5.75 Å². The number of nitrogens with zero attached hydrogens (tertiary/aromatic N) is 3. The first-order valence-corrected chi connectivity index (χ1v) is 8.09. The summed E-state index contributed by atoms with van der Waals surface area (Å²) in [5.41, 5.74) is 1.48. The minimum atomic E-state index is -3.75. The van der Waals surface area contributed by atoms with Crippen LogP contribution in [0.25, 0.3) is 0 Å². The lowest BCUT2D eigenvalue weighted by Crippen LogP contribution is -2.17. The SMILES string of the molecule is Cn1nnc(Br)c1S(=O)(=O)Nc1ccc2c(c1)CCO2. The van der Waals surface area contributed by atoms with Crippen LogP contribution in [0.15, 0.2) is 27.8 Å². The highest BCUT2D eigenvalue weighted by molar-refractivity contribution is 9.10. The number of hydrogen-bond acceptors (Lipinski definition) is 5. The monoisotopic (exact) mass is 358 g/mol. The molecule has 3 rings (SSSR count). The first-order valence-electron chi connectivity index (χ1n) is 5.81. The molecular weight excluding hydrogens is 348 g/mol. The number of anilines is 1. The van der Waals surface area contributed by atoms with Gasteiger partial charge in [-0.15, -0.1) is 5.10 Å². The van der Waals surface area contributed by atoms with Crippen LogP contribution < -0.4 is 9.46 Å². The van der Waals surface area contributed by atoms with Gasteiger partial charge in [0.05, 0.1) is 6.61 Å². The lowest BCUT2D eigenvalue weighted by Gasteiger charge is -2.09. The summed E-state index contributed by atoms with van der Waals surface area (Å²) >= 11 is 3.08. The maximum absolute atomic E-state index is 12.3. The van der Waals surface area contributed by atoms with Crippen LogP contribution in [-0.4, -0.2) is 30.0 Å². The molecule has 0 bridgehead atoms. The Kier molecular flexibility index (Phi) is 3.17. The second-order valence-electron chi connectivity index (χ2n) is 4.34. The van der Waals surface area contributed by atoms with E-state index < -0.39 is 10.0 Å². The van der Waals surface area contributed by atoms with Crippen molar-refractivity contribution in [3.63, 3.8) is 0 Å². The van der Waals surface area contributed by atoms with Crippen molar-refractivity contribution in [1.29, 1.82) is 0 Å². The molecule has 1 aromatic heterocycles. The standard InChI is InChI=1S/C11H11BrN4O3S/c1-16-11(10(12)13-15-16)20(17,18)14-8-2-3-9-7(6-8)4-5-19-9/h2-3,6,14H,4-5H2,1H3. The van der Waals surface area contributed by atoms with Crippen molar-refractivity contribution in [2.45, 2.75) is 11.4 Å². The van der Waals surface area contributed by atoms with Crippen LogP contribution in [0.5, 0.6) is 5.75 Å². The maximum atomic E-state index is 12.3. The lowest BCUT2D eigenvalue weighted by atomic mass is 10.1. The van der Waals surface area contributed by atoms with E-state index in [1.165, 1.54) is 11.7 Å². The first-order chi connectivity index (χ1) is 9.47. The Morgan fingerprint density at radius 1 is 1.45 bits per heavy atom. The van der Waals surface area contributed by atoms with Crippen LogP contribution in [0.2, 0.25) is 0 Å². The van der Waals surface area contributed by atoms with Gasteiger partial charge in [-0.1, -0.05) is 5.21 Å². The fourth-order valence-electron chi connectivity index (χ4n) is 2.06. The summed E-state index contributed by atoms with van der Waals surface area (Å²) < 4.78 is 33.9. The Labute approximate surface area is 124 Å². The molecule has 0 fully saturated rings. The molecule has 1 aliphatic rings. The highest BCUT2D eigenvalue weighted by Crippen LogP contribution is 2.29. The van der Waals surface area contributed by atoms with E-state index in [1.807, 2.05) is 0 Å². The Bertz CT molecular complexity index is 752. The summed E-state index contributed by atoms with van der Waals surface area (Å²) in [6.07, 6.45) is 0.780. The van der Waals surface area contributed by atoms with Crippen LogP contribution in [0.3, 0.4) is 0 Å². The van der Waals surface area contributed by atoms with Gasteiger partial charge in [-0.25, -0.2) is 4.68 Å². The summed E-state index contributed by atoms with van der Waals surface area (Å²) in [7, 11) is -2.23. The zero-order chi connectivity index (χ0) is 14.3. The molecule has 0 aliphatic carbocycles. The molecule has 0 saturated carbocycles. The quantitative estimate of drug-likeness (QED) is 0.893. The number of halogens is 1. The predicted octanol–water partition coefficient (Wildman–Crippen LogP) is 1.31. The van der Waals surface area contributed by atoms with Crippen LogP contribution in [0.1, 0.15) is 5.56 Å². The minimum absolute atomic E-state index is 0.0192. The average molecular weight is 359 g/mol. The molecule has 106 valence electrons. The molecular formula is C11H11BrN4O3S. The summed E-state index contributed by atoms with van der Waals surface area (Å²) in [4.78, 5) is 0. The van der Waals surface area contributed by atoms with Gasteiger partial charge in [-0.3, -0.25) is 4.72 Å². The molecule has 0 unspecified atom stereocenters. The van der Waals surface area contributed by atoms with Gasteiger partial charge >= 0.3 is 0 Å². The van der Waals surface area contributed by atoms with Gasteiger partial charge in [-0.2, -0.15) is 8.42 Å². The van der Waals surface area contributed by atoms with E-state index in [1.54, 1.807) is 18.2 Å². The van der Waals surface area contributed by atoms with Gasteiger partial charge in [0.15, 0.2) is 4.60 Å². The summed E-state index contributed by atoms with van der Waals surface area (Å²) in [5, 5.41) is 7.32. The summed E-state index contributed by atoms with van der Waals surface area (Å²) in [5.74, 6) is 0.802. The second-order valence-corrected chi connectivity index (χ2v) is 6.68. The highest BCUT2D eigenvalue weighted by Gasteiger charge is 2.24. The van der Waals surface area contributed by atoms with Crippen molar-refractivity contribution in [2.24, 2.45) is 7.05 Å². The smallest absolute Gasteiger partial charge is 0.281 e. The number of fused-ring (bicyclic) bond motifs is 1. The normalized spacial score (nSPS) is 13.9. The first kappa shape index (κ1) is 13.4. The maximum Gasteiger partial charge on any atom is 0.281 e. The summed E-state index contributed by atoms with van der Waals surface area (Å²) in [6, 6.07) is 5.20. The molecule has 0 radical (unpaired) electrons. The third-order valence-corrected chi connectivity index (χ3v) is 5.20. The third kappa shape index (κ3) is 2.27. The number of ether oxygens (including phenoxy) is 1. The van der Waals surface area contributed by atoms with Crippen LogP contribution >= 0.6 is 15.9 Å².